The second kappa shape index (κ2) is 5.09. The van der Waals surface area contributed by atoms with Gasteiger partial charge in [0.1, 0.15) is 0 Å². The summed E-state index contributed by atoms with van der Waals surface area (Å²) in [6, 6.07) is 0. The lowest BCUT2D eigenvalue weighted by molar-refractivity contribution is 1.66. The summed E-state index contributed by atoms with van der Waals surface area (Å²) < 4.78 is 0. The van der Waals surface area contributed by atoms with E-state index in [1.165, 1.54) is 0 Å². The lowest BCUT2D eigenvalue weighted by Crippen LogP contribution is -1.60. The second-order valence-electron chi connectivity index (χ2n) is 1.02. The molecule has 0 atom stereocenters. The van der Waals surface area contributed by atoms with E-state index in [2.05, 4.69) is 18.4 Å². The number of hydrogen-bond donors (Lipinski definition) is 0. The van der Waals surface area contributed by atoms with Crippen LogP contribution in [0.5, 0.6) is 0 Å². The van der Waals surface area contributed by atoms with Crippen LogP contribution in [-0.2, 0) is 0 Å². The van der Waals surface area contributed by atoms with Gasteiger partial charge in [0, 0.05) is 5.75 Å². The van der Waals surface area contributed by atoms with Crippen molar-refractivity contribution in [3.63, 3.8) is 0 Å². The summed E-state index contributed by atoms with van der Waals surface area (Å²) in [5, 5.41) is 0. The lowest BCUT2D eigenvalue weighted by Gasteiger charge is -1.77. The first kappa shape index (κ1) is 6.09. The highest BCUT2D eigenvalue weighted by atomic mass is 32.2. The van der Waals surface area contributed by atoms with Gasteiger partial charge >= 0.3 is 0 Å². The topological polar surface area (TPSA) is 0 Å². The van der Waals surface area contributed by atoms with E-state index in [0.29, 0.717) is 0 Å². The first-order chi connectivity index (χ1) is 2.91. The zero-order chi connectivity index (χ0) is 4.83. The van der Waals surface area contributed by atoms with Gasteiger partial charge in [-0.3, -0.25) is 0 Å². The van der Waals surface area contributed by atoms with Gasteiger partial charge in [0.05, 0.1) is 0 Å². The first-order valence-electron chi connectivity index (χ1n) is 2.02. The van der Waals surface area contributed by atoms with Crippen molar-refractivity contribution in [1.29, 1.82) is 0 Å². The van der Waals surface area contributed by atoms with Crippen LogP contribution in [0, 0.1) is 0 Å². The average molecular weight is 102 g/mol. The van der Waals surface area contributed by atoms with E-state index in [4.69, 9.17) is 0 Å². The normalized spacial score (nSPS) is 10.3. The molecule has 0 bridgehead atoms. The Balaban J connectivity index is 2.66. The summed E-state index contributed by atoms with van der Waals surface area (Å²) >= 11 is 1.84. The Kier molecular flexibility index (Phi) is 5.17. The summed E-state index contributed by atoms with van der Waals surface area (Å²) in [6.45, 7) is 2.04. The van der Waals surface area contributed by atoms with Crippen LogP contribution in [0.15, 0.2) is 12.2 Å². The van der Waals surface area contributed by atoms with Crippen LogP contribution in [0.25, 0.3) is 0 Å². The highest BCUT2D eigenvalue weighted by Crippen LogP contribution is 1.89. The molecule has 0 spiro atoms. The summed E-state index contributed by atoms with van der Waals surface area (Å²) in [5.74, 6) is 1.15. The number of allylic oxidation sites excluding steroid dienone is 1. The molecule has 6 heavy (non-hydrogen) atoms. The van der Waals surface area contributed by atoms with Crippen LogP contribution in [0.3, 0.4) is 0 Å². The fourth-order valence-corrected chi connectivity index (χ4v) is 0.577. The monoisotopic (exact) mass is 102 g/mol. The predicted molar refractivity (Wildman–Crippen MR) is 33.2 cm³/mol. The molecule has 36 valence electrons. The summed E-state index contributed by atoms with van der Waals surface area (Å²) in [6.07, 6.45) is 6.31. The molecule has 0 N–H and O–H groups in total. The molecule has 0 rings (SSSR count). The summed E-state index contributed by atoms with van der Waals surface area (Å²) in [7, 11) is 0. The first-order valence-corrected chi connectivity index (χ1v) is 3.41. The molecule has 0 fully saturated rings. The molecule has 0 nitrogen and oxygen atoms in total. The summed E-state index contributed by atoms with van der Waals surface area (Å²) in [4.78, 5) is 0. The van der Waals surface area contributed by atoms with Gasteiger partial charge in [-0.25, -0.2) is 0 Å². The van der Waals surface area contributed by atoms with Crippen LogP contribution < -0.4 is 0 Å². The maximum Gasteiger partial charge on any atom is 0.0110 e. The Hall–Kier alpha value is 0.0900. The highest BCUT2D eigenvalue weighted by Gasteiger charge is 1.64. The molecule has 0 saturated carbocycles. The van der Waals surface area contributed by atoms with Gasteiger partial charge in [0.25, 0.3) is 0 Å². The molecule has 1 heteroatoms. The van der Waals surface area contributed by atoms with Crippen molar-refractivity contribution in [1.82, 2.24) is 0 Å². The maximum absolute atomic E-state index is 2.14. The molecule has 0 aliphatic heterocycles. The minimum Gasteiger partial charge on any atom is -0.161 e. The van der Waals surface area contributed by atoms with Crippen molar-refractivity contribution in [2.24, 2.45) is 0 Å². The third-order valence-electron chi connectivity index (χ3n) is 0.499. The largest absolute Gasteiger partial charge is 0.161 e. The van der Waals surface area contributed by atoms with Gasteiger partial charge in [-0.15, -0.1) is 0 Å². The maximum atomic E-state index is 2.14. The van der Waals surface area contributed by atoms with Gasteiger partial charge in [0.15, 0.2) is 0 Å². The van der Waals surface area contributed by atoms with Gasteiger partial charge in [-0.1, -0.05) is 12.2 Å². The van der Waals surface area contributed by atoms with Crippen LogP contribution in [0.4, 0.5) is 0 Å². The third kappa shape index (κ3) is 4.09. The van der Waals surface area contributed by atoms with Crippen molar-refractivity contribution in [2.45, 2.75) is 6.92 Å². The molecule has 0 aromatic carbocycles. The zero-order valence-corrected chi connectivity index (χ0v) is 5.09. The fraction of sp³-hybridized carbons (Fsp3) is 0.600. The molecule has 0 aliphatic rings. The minimum atomic E-state index is 1.15. The average Bonchev–Trinajstić information content (AvgIpc) is 1.61. The molecular formula is C5H10S. The quantitative estimate of drug-likeness (QED) is 0.480. The Bertz CT molecular complexity index is 39.2. The van der Waals surface area contributed by atoms with Gasteiger partial charge in [-0.05, 0) is 13.2 Å². The zero-order valence-electron chi connectivity index (χ0n) is 4.27. The highest BCUT2D eigenvalue weighted by molar-refractivity contribution is 7.98. The molecule has 0 unspecified atom stereocenters. The van der Waals surface area contributed by atoms with E-state index in [1.807, 2.05) is 18.7 Å². The molecule has 0 aliphatic carbocycles. The number of thioether (sulfide) groups is 1. The van der Waals surface area contributed by atoms with E-state index in [0.717, 1.165) is 5.75 Å². The van der Waals surface area contributed by atoms with Gasteiger partial charge in [-0.2, -0.15) is 11.8 Å². The van der Waals surface area contributed by atoms with Crippen LogP contribution in [0.2, 0.25) is 0 Å². The van der Waals surface area contributed by atoms with Gasteiger partial charge < -0.3 is 0 Å². The Morgan fingerprint density at radius 3 is 2.50 bits per heavy atom. The molecule has 0 radical (unpaired) electrons. The molecule has 0 aromatic rings. The lowest BCUT2D eigenvalue weighted by atomic mass is 10.6. The molecule has 0 aromatic heterocycles. The Labute approximate surface area is 43.6 Å². The van der Waals surface area contributed by atoms with Crippen LogP contribution in [-0.4, -0.2) is 12.0 Å². The van der Waals surface area contributed by atoms with Crippen molar-refractivity contribution < 1.29 is 0 Å². The second-order valence-corrected chi connectivity index (χ2v) is 1.94. The Morgan fingerprint density at radius 2 is 2.33 bits per heavy atom. The van der Waals surface area contributed by atoms with E-state index < -0.39 is 0 Å². The predicted octanol–water partition coefficient (Wildman–Crippen LogP) is 1.93. The SMILES string of the molecule is C/C=C/CSC. The summed E-state index contributed by atoms with van der Waals surface area (Å²) in [5.41, 5.74) is 0. The van der Waals surface area contributed by atoms with Gasteiger partial charge in [0.2, 0.25) is 0 Å². The van der Waals surface area contributed by atoms with Crippen molar-refractivity contribution >= 4 is 11.8 Å². The minimum absolute atomic E-state index is 1.15. The fourth-order valence-electron chi connectivity index (χ4n) is 0.192. The Morgan fingerprint density at radius 1 is 1.67 bits per heavy atom. The van der Waals surface area contributed by atoms with Crippen LogP contribution in [0.1, 0.15) is 6.92 Å². The number of rotatable bonds is 2. The van der Waals surface area contributed by atoms with Crippen LogP contribution >= 0.6 is 11.8 Å². The number of hydrogen-bond acceptors (Lipinski definition) is 1. The molecule has 0 heterocycles. The van der Waals surface area contributed by atoms with E-state index in [9.17, 15) is 0 Å². The van der Waals surface area contributed by atoms with E-state index in [-0.39, 0.29) is 0 Å². The van der Waals surface area contributed by atoms with Crippen molar-refractivity contribution in [3.8, 4) is 0 Å². The van der Waals surface area contributed by atoms with Crippen molar-refractivity contribution in [3.05, 3.63) is 12.2 Å². The standard InChI is InChI=1S/C5H10S/c1-3-4-5-6-2/h3-4H,5H2,1-2H3/b4-3+. The van der Waals surface area contributed by atoms with E-state index >= 15 is 0 Å². The molecular weight excluding hydrogens is 92.1 g/mol. The smallest absolute Gasteiger partial charge is 0.0110 e. The van der Waals surface area contributed by atoms with Crippen molar-refractivity contribution in [2.75, 3.05) is 12.0 Å². The molecule has 0 amide bonds. The molecule has 0 saturated heterocycles. The van der Waals surface area contributed by atoms with E-state index in [1.54, 1.807) is 0 Å². The third-order valence-corrected chi connectivity index (χ3v) is 1.02.